The van der Waals surface area contributed by atoms with Gasteiger partial charge in [-0.15, -0.1) is 5.10 Å². The molecule has 10 nitrogen and oxygen atoms in total. The molecule has 0 saturated carbocycles. The summed E-state index contributed by atoms with van der Waals surface area (Å²) < 4.78 is 14.4. The van der Waals surface area contributed by atoms with Crippen LogP contribution in [0.1, 0.15) is 56.7 Å². The normalized spacial score (nSPS) is 25.3. The first kappa shape index (κ1) is 31.4. The highest BCUT2D eigenvalue weighted by Gasteiger charge is 2.64. The summed E-state index contributed by atoms with van der Waals surface area (Å²) in [4.78, 5) is 29.2. The van der Waals surface area contributed by atoms with Crippen molar-refractivity contribution in [3.8, 4) is 5.75 Å². The van der Waals surface area contributed by atoms with Crippen LogP contribution in [-0.4, -0.2) is 66.4 Å². The fraction of sp³-hybridized carbons (Fsp3) is 0.529. The number of carbonyl (C=O) groups excluding carboxylic acids is 2. The molecule has 2 saturated heterocycles. The van der Waals surface area contributed by atoms with Crippen LogP contribution >= 0.6 is 0 Å². The number of aliphatic hydroxyl groups excluding tert-OH is 1. The van der Waals surface area contributed by atoms with Gasteiger partial charge in [0.05, 0.1) is 27.0 Å². The van der Waals surface area contributed by atoms with Gasteiger partial charge in [-0.1, -0.05) is 55.4 Å². The number of nitrogens with one attached hydrogen (secondary N) is 1. The Morgan fingerprint density at radius 2 is 1.89 bits per heavy atom. The lowest BCUT2D eigenvalue weighted by Crippen LogP contribution is -2.51. The van der Waals surface area contributed by atoms with Crippen molar-refractivity contribution in [2.24, 2.45) is 5.92 Å². The van der Waals surface area contributed by atoms with Gasteiger partial charge in [0.1, 0.15) is 5.75 Å². The average Bonchev–Trinajstić information content (AvgIpc) is 3.68. The van der Waals surface area contributed by atoms with Crippen molar-refractivity contribution in [1.82, 2.24) is 15.0 Å². The van der Waals surface area contributed by atoms with E-state index in [0.29, 0.717) is 32.4 Å². The standard InChI is InChI=1S/C34H45N5O5Si/c1-23-32(45(3,4)27-13-11-26(43-2)12-14-27)30(16-19-38-22-24(17-20-40)36-37-38)44-34(23)28-21-25(10-15-29(28)35-33(34)42)39-18-8-6-5-7-9-31(39)41/h10-15,21-23,30,32,40H,5-9,16-20H2,1-4H3,(H,35,42)/t23-,30+,32-,34+/m0/s1. The zero-order chi connectivity index (χ0) is 31.8. The Kier molecular flexibility index (Phi) is 8.86. The minimum atomic E-state index is -2.27. The number of methoxy groups -OCH3 is 1. The lowest BCUT2D eigenvalue weighted by molar-refractivity contribution is -0.143. The minimum absolute atomic E-state index is 0.0216. The predicted octanol–water partition coefficient (Wildman–Crippen LogP) is 4.38. The second kappa shape index (κ2) is 12.7. The van der Waals surface area contributed by atoms with Gasteiger partial charge in [-0.3, -0.25) is 14.3 Å². The molecule has 3 aliphatic heterocycles. The average molecular weight is 632 g/mol. The number of aryl methyl sites for hydroxylation is 1. The third kappa shape index (κ3) is 5.70. The Hall–Kier alpha value is -3.54. The van der Waals surface area contributed by atoms with Gasteiger partial charge in [0.2, 0.25) is 5.91 Å². The molecule has 6 rings (SSSR count). The molecule has 2 fully saturated rings. The van der Waals surface area contributed by atoms with Crippen molar-refractivity contribution in [3.63, 3.8) is 0 Å². The van der Waals surface area contributed by atoms with E-state index in [1.54, 1.807) is 11.8 Å². The van der Waals surface area contributed by atoms with Gasteiger partial charge in [-0.25, -0.2) is 0 Å². The topological polar surface area (TPSA) is 119 Å². The molecule has 2 amide bonds. The fourth-order valence-electron chi connectivity index (χ4n) is 7.93. The summed E-state index contributed by atoms with van der Waals surface area (Å²) in [7, 11) is -0.599. The zero-order valence-electron chi connectivity index (χ0n) is 26.8. The largest absolute Gasteiger partial charge is 0.497 e. The maximum atomic E-state index is 14.1. The first-order valence-corrected chi connectivity index (χ1v) is 19.4. The first-order chi connectivity index (χ1) is 21.7. The number of carbonyl (C=O) groups is 2. The van der Waals surface area contributed by atoms with Gasteiger partial charge in [0.25, 0.3) is 5.91 Å². The van der Waals surface area contributed by atoms with Crippen LogP contribution in [0.15, 0.2) is 48.7 Å². The van der Waals surface area contributed by atoms with E-state index in [9.17, 15) is 14.7 Å². The predicted molar refractivity (Wildman–Crippen MR) is 176 cm³/mol. The van der Waals surface area contributed by atoms with E-state index in [-0.39, 0.29) is 36.0 Å². The van der Waals surface area contributed by atoms with Crippen LogP contribution in [0.2, 0.25) is 18.6 Å². The van der Waals surface area contributed by atoms with Crippen LogP contribution < -0.4 is 20.1 Å². The van der Waals surface area contributed by atoms with Crippen LogP contribution in [0.4, 0.5) is 11.4 Å². The number of hydrogen-bond donors (Lipinski definition) is 2. The smallest absolute Gasteiger partial charge is 0.261 e. The quantitative estimate of drug-likeness (QED) is 0.337. The molecule has 2 N–H and O–H groups in total. The zero-order valence-corrected chi connectivity index (χ0v) is 27.8. The molecule has 45 heavy (non-hydrogen) atoms. The van der Waals surface area contributed by atoms with E-state index >= 15 is 0 Å². The molecular formula is C34H45N5O5Si. The van der Waals surface area contributed by atoms with Gasteiger partial charge in [-0.05, 0) is 55.1 Å². The fourth-order valence-corrected chi connectivity index (χ4v) is 12.0. The number of nitrogens with zero attached hydrogens (tertiary/aromatic N) is 4. The summed E-state index contributed by atoms with van der Waals surface area (Å²) in [6.07, 6.45) is 7.37. The third-order valence-corrected chi connectivity index (χ3v) is 14.7. The van der Waals surface area contributed by atoms with Crippen LogP contribution in [0.25, 0.3) is 0 Å². The highest BCUT2D eigenvalue weighted by atomic mass is 28.3. The highest BCUT2D eigenvalue weighted by molar-refractivity contribution is 6.91. The number of fused-ring (bicyclic) bond motifs is 2. The molecular weight excluding hydrogens is 586 g/mol. The van der Waals surface area contributed by atoms with Crippen LogP contribution in [0, 0.1) is 5.92 Å². The Bertz CT molecular complexity index is 1540. The van der Waals surface area contributed by atoms with Gasteiger partial charge in [0, 0.05) is 61.6 Å². The summed E-state index contributed by atoms with van der Waals surface area (Å²) in [5, 5.41) is 22.2. The Morgan fingerprint density at radius 3 is 2.64 bits per heavy atom. The molecule has 1 aromatic heterocycles. The Morgan fingerprint density at radius 1 is 1.11 bits per heavy atom. The van der Waals surface area contributed by atoms with Crippen molar-refractivity contribution in [1.29, 1.82) is 0 Å². The summed E-state index contributed by atoms with van der Waals surface area (Å²) in [5.41, 5.74) is 2.07. The number of hydrogen-bond acceptors (Lipinski definition) is 7. The molecule has 4 atom stereocenters. The number of rotatable bonds is 9. The maximum absolute atomic E-state index is 14.1. The second-order valence-electron chi connectivity index (χ2n) is 13.3. The summed E-state index contributed by atoms with van der Waals surface area (Å²) in [5.74, 6) is 0.678. The Labute approximate surface area is 266 Å². The van der Waals surface area contributed by atoms with Gasteiger partial charge >= 0.3 is 0 Å². The SMILES string of the molecule is COc1ccc([Si](C)(C)[C@@H]2[C@@H](CCn3cc(CCO)nn3)O[C@]3(C(=O)Nc4ccc(N5CCCCCCC5=O)cc43)[C@H]2C)cc1. The van der Waals surface area contributed by atoms with Gasteiger partial charge in [0.15, 0.2) is 5.60 Å². The van der Waals surface area contributed by atoms with E-state index < -0.39 is 13.7 Å². The van der Waals surface area contributed by atoms with Crippen molar-refractivity contribution in [2.45, 2.75) is 88.8 Å². The molecule has 4 heterocycles. The van der Waals surface area contributed by atoms with Crippen molar-refractivity contribution < 1.29 is 24.2 Å². The number of amides is 2. The summed E-state index contributed by atoms with van der Waals surface area (Å²) >= 11 is 0. The van der Waals surface area contributed by atoms with Gasteiger partial charge < -0.3 is 24.8 Å². The van der Waals surface area contributed by atoms with Crippen molar-refractivity contribution >= 4 is 36.4 Å². The van der Waals surface area contributed by atoms with Crippen LogP contribution in [0.3, 0.4) is 0 Å². The molecule has 240 valence electrons. The molecule has 3 aliphatic rings. The van der Waals surface area contributed by atoms with Crippen LogP contribution in [-0.2, 0) is 32.9 Å². The summed E-state index contributed by atoms with van der Waals surface area (Å²) in [6, 6.07) is 14.3. The highest BCUT2D eigenvalue weighted by Crippen LogP contribution is 2.59. The number of aliphatic hydroxyl groups is 1. The third-order valence-electron chi connectivity index (χ3n) is 10.3. The van der Waals surface area contributed by atoms with Crippen LogP contribution in [0.5, 0.6) is 5.75 Å². The van der Waals surface area contributed by atoms with Gasteiger partial charge in [-0.2, -0.15) is 0 Å². The minimum Gasteiger partial charge on any atom is -0.497 e. The molecule has 0 unspecified atom stereocenters. The van der Waals surface area contributed by atoms with E-state index in [4.69, 9.17) is 9.47 Å². The van der Waals surface area contributed by atoms with Crippen molar-refractivity contribution in [2.75, 3.05) is 30.5 Å². The summed E-state index contributed by atoms with van der Waals surface area (Å²) in [6.45, 7) is 8.17. The number of benzene rings is 2. The lowest BCUT2D eigenvalue weighted by atomic mass is 9.82. The Balaban J connectivity index is 1.38. The lowest BCUT2D eigenvalue weighted by Gasteiger charge is -2.37. The molecule has 11 heteroatoms. The van der Waals surface area contributed by atoms with Crippen molar-refractivity contribution in [3.05, 3.63) is 59.9 Å². The molecule has 3 aromatic rings. The van der Waals surface area contributed by atoms with E-state index in [1.807, 2.05) is 41.4 Å². The number of anilines is 2. The molecule has 0 aliphatic carbocycles. The van der Waals surface area contributed by atoms with E-state index in [0.717, 1.165) is 54.1 Å². The van der Waals surface area contributed by atoms with E-state index in [1.165, 1.54) is 5.19 Å². The number of ether oxygens (including phenoxy) is 2. The molecule has 0 radical (unpaired) electrons. The molecule has 2 aromatic carbocycles. The number of aromatic nitrogens is 3. The first-order valence-electron chi connectivity index (χ1n) is 16.3. The second-order valence-corrected chi connectivity index (χ2v) is 18.0. The van der Waals surface area contributed by atoms with E-state index in [2.05, 4.69) is 47.8 Å². The monoisotopic (exact) mass is 631 g/mol. The molecule has 1 spiro atoms. The maximum Gasteiger partial charge on any atom is 0.261 e. The molecule has 0 bridgehead atoms.